The van der Waals surface area contributed by atoms with Gasteiger partial charge in [-0.2, -0.15) is 5.06 Å². The molecule has 138 valence electrons. The zero-order valence-corrected chi connectivity index (χ0v) is 15.5. The highest BCUT2D eigenvalue weighted by molar-refractivity contribution is 5.80. The van der Waals surface area contributed by atoms with Gasteiger partial charge in [0, 0.05) is 17.1 Å². The van der Waals surface area contributed by atoms with Gasteiger partial charge in [-0.05, 0) is 56.9 Å². The van der Waals surface area contributed by atoms with Crippen LogP contribution in [0.4, 0.5) is 11.6 Å². The van der Waals surface area contributed by atoms with E-state index in [2.05, 4.69) is 30.0 Å². The zero-order chi connectivity index (χ0) is 18.6. The Morgan fingerprint density at radius 1 is 1.07 bits per heavy atom. The number of para-hydroxylation sites is 1. The molecular weight excluding hydrogens is 340 g/mol. The molecule has 1 aliphatic carbocycles. The van der Waals surface area contributed by atoms with E-state index in [4.69, 9.17) is 14.2 Å². The molecule has 0 fully saturated rings. The van der Waals surface area contributed by atoms with Gasteiger partial charge in [0.05, 0.1) is 30.3 Å². The molecule has 0 N–H and O–H groups in total. The monoisotopic (exact) mass is 362 g/mol. The van der Waals surface area contributed by atoms with Crippen LogP contribution in [0.5, 0.6) is 0 Å². The van der Waals surface area contributed by atoms with E-state index >= 15 is 0 Å². The van der Waals surface area contributed by atoms with Crippen molar-refractivity contribution in [1.82, 2.24) is 14.9 Å². The Kier molecular flexibility index (Phi) is 5.00. The lowest BCUT2D eigenvalue weighted by Gasteiger charge is -2.21. The molecule has 0 bridgehead atoms. The van der Waals surface area contributed by atoms with Gasteiger partial charge in [0.1, 0.15) is 0 Å². The molecule has 2 heterocycles. The van der Waals surface area contributed by atoms with E-state index < -0.39 is 0 Å². The van der Waals surface area contributed by atoms with Crippen LogP contribution in [0.1, 0.15) is 6.42 Å². The summed E-state index contributed by atoms with van der Waals surface area (Å²) in [6.45, 7) is 1.52. The Morgan fingerprint density at radius 2 is 1.93 bits per heavy atom. The van der Waals surface area contributed by atoms with Gasteiger partial charge in [-0.3, -0.25) is 4.84 Å². The molecule has 2 aliphatic rings. The molecule has 6 nitrogen and oxygen atoms in total. The van der Waals surface area contributed by atoms with Crippen LogP contribution in [-0.4, -0.2) is 42.1 Å². The van der Waals surface area contributed by atoms with Crippen LogP contribution in [0, 0.1) is 0 Å². The minimum atomic E-state index is 0.519. The first-order chi connectivity index (χ1) is 13.2. The van der Waals surface area contributed by atoms with Crippen LogP contribution in [-0.2, 0) is 4.84 Å². The first kappa shape index (κ1) is 17.5. The molecule has 2 aromatic rings. The van der Waals surface area contributed by atoms with Gasteiger partial charge < -0.3 is 9.32 Å². The molecular formula is C21H22N4O2. The van der Waals surface area contributed by atoms with Crippen LogP contribution in [0.15, 0.2) is 65.6 Å². The van der Waals surface area contributed by atoms with Gasteiger partial charge in [0.25, 0.3) is 5.95 Å². The molecule has 1 aliphatic heterocycles. The largest absolute Gasteiger partial charge is 0.472 e. The third kappa shape index (κ3) is 3.92. The predicted octanol–water partition coefficient (Wildman–Crippen LogP) is 4.35. The number of fused-ring (bicyclic) bond motifs is 2. The lowest BCUT2D eigenvalue weighted by molar-refractivity contribution is 0.124. The molecule has 27 heavy (non-hydrogen) atoms. The van der Waals surface area contributed by atoms with Gasteiger partial charge in [-0.15, -0.1) is 0 Å². The first-order valence-corrected chi connectivity index (χ1v) is 8.96. The molecule has 1 aromatic carbocycles. The van der Waals surface area contributed by atoms with Crippen molar-refractivity contribution >= 4 is 22.5 Å². The van der Waals surface area contributed by atoms with Crippen LogP contribution in [0.25, 0.3) is 22.0 Å². The molecule has 4 rings (SSSR count). The molecule has 1 aromatic heterocycles. The van der Waals surface area contributed by atoms with E-state index in [1.54, 1.807) is 17.6 Å². The second kappa shape index (κ2) is 7.73. The maximum atomic E-state index is 6.09. The molecule has 6 heteroatoms. The zero-order valence-electron chi connectivity index (χ0n) is 15.5. The van der Waals surface area contributed by atoms with E-state index in [1.165, 1.54) is 0 Å². The Morgan fingerprint density at radius 3 is 2.78 bits per heavy atom. The summed E-state index contributed by atoms with van der Waals surface area (Å²) >= 11 is 0. The SMILES string of the molecule is CN(C)CCCON(c1cc2ccocc-2c1)c1ncc2ccccc2n1. The van der Waals surface area contributed by atoms with Crippen molar-refractivity contribution in [1.29, 1.82) is 0 Å². The van der Waals surface area contributed by atoms with Crippen molar-refractivity contribution in [3.05, 3.63) is 61.2 Å². The maximum absolute atomic E-state index is 6.09. The van der Waals surface area contributed by atoms with E-state index in [0.29, 0.717) is 12.6 Å². The van der Waals surface area contributed by atoms with Gasteiger partial charge >= 0.3 is 0 Å². The lowest BCUT2D eigenvalue weighted by atomic mass is 10.2. The highest BCUT2D eigenvalue weighted by atomic mass is 16.7. The van der Waals surface area contributed by atoms with E-state index in [-0.39, 0.29) is 0 Å². The summed E-state index contributed by atoms with van der Waals surface area (Å²) in [4.78, 5) is 17.4. The van der Waals surface area contributed by atoms with E-state index in [1.807, 2.05) is 42.6 Å². The van der Waals surface area contributed by atoms with Crippen LogP contribution in [0.3, 0.4) is 0 Å². The van der Waals surface area contributed by atoms with Gasteiger partial charge in [0.15, 0.2) is 0 Å². The van der Waals surface area contributed by atoms with E-state index in [9.17, 15) is 0 Å². The quantitative estimate of drug-likeness (QED) is 0.360. The van der Waals surface area contributed by atoms with Crippen molar-refractivity contribution in [3.8, 4) is 11.1 Å². The maximum Gasteiger partial charge on any atom is 0.255 e. The first-order valence-electron chi connectivity index (χ1n) is 8.96. The normalized spacial score (nSPS) is 11.5. The predicted molar refractivity (Wildman–Crippen MR) is 106 cm³/mol. The number of aromatic nitrogens is 2. The molecule has 0 saturated carbocycles. The van der Waals surface area contributed by atoms with Crippen molar-refractivity contribution in [3.63, 3.8) is 0 Å². The number of hydrogen-bond donors (Lipinski definition) is 0. The third-order valence-electron chi connectivity index (χ3n) is 4.32. The summed E-state index contributed by atoms with van der Waals surface area (Å²) in [5.74, 6) is 0.519. The second-order valence-corrected chi connectivity index (χ2v) is 6.69. The fraction of sp³-hybridized carbons (Fsp3) is 0.238. The average Bonchev–Trinajstić information content (AvgIpc) is 3.11. The Labute approximate surface area is 158 Å². The highest BCUT2D eigenvalue weighted by Crippen LogP contribution is 2.34. The van der Waals surface area contributed by atoms with Crippen LogP contribution >= 0.6 is 0 Å². The molecule has 0 amide bonds. The van der Waals surface area contributed by atoms with Crippen molar-refractivity contribution in [2.75, 3.05) is 32.3 Å². The molecule has 0 saturated heterocycles. The van der Waals surface area contributed by atoms with Gasteiger partial charge in [-0.25, -0.2) is 9.97 Å². The number of anilines is 2. The topological polar surface area (TPSA) is 54.6 Å². The molecule has 0 unspecified atom stereocenters. The smallest absolute Gasteiger partial charge is 0.255 e. The molecule has 0 spiro atoms. The minimum absolute atomic E-state index is 0.519. The van der Waals surface area contributed by atoms with E-state index in [0.717, 1.165) is 40.7 Å². The Hall–Kier alpha value is -2.96. The summed E-state index contributed by atoms with van der Waals surface area (Å²) in [5, 5.41) is 2.71. The lowest BCUT2D eigenvalue weighted by Crippen LogP contribution is -2.22. The summed E-state index contributed by atoms with van der Waals surface area (Å²) in [6.07, 6.45) is 6.13. The number of benzene rings is 1. The van der Waals surface area contributed by atoms with Crippen molar-refractivity contribution in [2.45, 2.75) is 6.42 Å². The number of nitrogens with zero attached hydrogens (tertiary/aromatic N) is 4. The Balaban J connectivity index is 1.67. The summed E-state index contributed by atoms with van der Waals surface area (Å²) < 4.78 is 5.28. The molecule has 0 atom stereocenters. The fourth-order valence-electron chi connectivity index (χ4n) is 2.96. The number of rotatable bonds is 7. The summed E-state index contributed by atoms with van der Waals surface area (Å²) in [6, 6.07) is 13.9. The summed E-state index contributed by atoms with van der Waals surface area (Å²) in [5.41, 5.74) is 3.86. The van der Waals surface area contributed by atoms with Crippen LogP contribution < -0.4 is 5.06 Å². The Bertz CT molecular complexity index is 968. The number of hydrogen-bond acceptors (Lipinski definition) is 6. The molecule has 0 radical (unpaired) electrons. The third-order valence-corrected chi connectivity index (χ3v) is 4.32. The van der Waals surface area contributed by atoms with Gasteiger partial charge in [-0.1, -0.05) is 18.2 Å². The highest BCUT2D eigenvalue weighted by Gasteiger charge is 2.18. The van der Waals surface area contributed by atoms with Crippen molar-refractivity contribution < 1.29 is 9.25 Å². The van der Waals surface area contributed by atoms with Gasteiger partial charge in [0.2, 0.25) is 0 Å². The second-order valence-electron chi connectivity index (χ2n) is 6.69. The van der Waals surface area contributed by atoms with Crippen LogP contribution in [0.2, 0.25) is 0 Å². The summed E-state index contributed by atoms with van der Waals surface area (Å²) in [7, 11) is 4.11. The van der Waals surface area contributed by atoms with Crippen molar-refractivity contribution in [2.24, 2.45) is 0 Å². The fourth-order valence-corrected chi connectivity index (χ4v) is 2.96. The minimum Gasteiger partial charge on any atom is -0.472 e. The average molecular weight is 362 g/mol. The standard InChI is InChI=1S/C21H22N4O2/c1-24(2)9-5-10-27-25(19-12-16-8-11-26-15-18(16)13-19)21-22-14-17-6-3-4-7-20(17)23-21/h3-4,6-8,11-15H,5,9-10H2,1-2H3.